The van der Waals surface area contributed by atoms with Gasteiger partial charge in [-0.05, 0) is 12.1 Å². The first-order chi connectivity index (χ1) is 13.0. The zero-order valence-electron chi connectivity index (χ0n) is 15.3. The molecule has 0 saturated heterocycles. The van der Waals surface area contributed by atoms with E-state index in [0.717, 1.165) is 0 Å². The van der Waals surface area contributed by atoms with Gasteiger partial charge in [-0.2, -0.15) is 9.50 Å². The van der Waals surface area contributed by atoms with Crippen LogP contribution in [0, 0.1) is 0 Å². The number of ether oxygens (including phenoxy) is 3. The van der Waals surface area contributed by atoms with Crippen LogP contribution in [0.15, 0.2) is 23.0 Å². The largest absolute Gasteiger partial charge is 0.493 e. The quantitative estimate of drug-likeness (QED) is 0.667. The number of aryl methyl sites for hydroxylation is 1. The number of carbonyl (C=O) groups is 1. The Morgan fingerprint density at radius 3 is 2.37 bits per heavy atom. The number of nitrogens with one attached hydrogen (secondary N) is 2. The van der Waals surface area contributed by atoms with E-state index in [-0.39, 0.29) is 17.2 Å². The molecule has 0 atom stereocenters. The molecule has 27 heavy (non-hydrogen) atoms. The van der Waals surface area contributed by atoms with Crippen molar-refractivity contribution in [1.29, 1.82) is 0 Å². The Morgan fingerprint density at radius 1 is 1.15 bits per heavy atom. The molecule has 0 spiro atoms. The third kappa shape index (κ3) is 3.41. The van der Waals surface area contributed by atoms with E-state index in [1.165, 1.54) is 44.0 Å². The first-order valence-corrected chi connectivity index (χ1v) is 8.11. The average Bonchev–Trinajstić information content (AvgIpc) is 3.09. The smallest absolute Gasteiger partial charge is 0.257 e. The molecular weight excluding hydrogens is 354 g/mol. The molecule has 0 fully saturated rings. The highest BCUT2D eigenvalue weighted by Gasteiger charge is 2.18. The molecule has 2 N–H and O–H groups in total. The predicted octanol–water partition coefficient (Wildman–Crippen LogP) is 1.26. The van der Waals surface area contributed by atoms with Crippen molar-refractivity contribution >= 4 is 17.5 Å². The van der Waals surface area contributed by atoms with Crippen LogP contribution in [0.2, 0.25) is 0 Å². The Morgan fingerprint density at radius 2 is 1.81 bits per heavy atom. The summed E-state index contributed by atoms with van der Waals surface area (Å²) in [5, 5.41) is 6.93. The van der Waals surface area contributed by atoms with E-state index in [9.17, 15) is 9.59 Å². The number of amides is 1. The van der Waals surface area contributed by atoms with E-state index < -0.39 is 11.5 Å². The zero-order chi connectivity index (χ0) is 19.6. The van der Waals surface area contributed by atoms with Gasteiger partial charge in [0.1, 0.15) is 5.82 Å². The Labute approximate surface area is 154 Å². The number of rotatable bonds is 6. The van der Waals surface area contributed by atoms with Crippen LogP contribution in [0.25, 0.3) is 5.78 Å². The van der Waals surface area contributed by atoms with Gasteiger partial charge in [-0.25, -0.2) is 0 Å². The lowest BCUT2D eigenvalue weighted by Gasteiger charge is -2.14. The molecule has 1 aromatic carbocycles. The standard InChI is InChI=1S/C17H19N5O5/c1-5-12-18-17-20-14(23)8-13(22(17)21-12)19-16(24)9-6-10(25-2)15(27-4)11(7-9)26-3/h6-8H,5H2,1-4H3,(H,19,24)(H,18,20,21,23). The molecule has 0 aliphatic carbocycles. The maximum absolute atomic E-state index is 12.7. The molecule has 0 aliphatic rings. The van der Waals surface area contributed by atoms with Crippen molar-refractivity contribution in [2.45, 2.75) is 13.3 Å². The molecule has 3 aromatic rings. The van der Waals surface area contributed by atoms with Gasteiger partial charge < -0.3 is 19.5 Å². The lowest BCUT2D eigenvalue weighted by Crippen LogP contribution is -2.19. The third-order valence-corrected chi connectivity index (χ3v) is 3.87. The third-order valence-electron chi connectivity index (χ3n) is 3.87. The normalized spacial score (nSPS) is 10.7. The zero-order valence-corrected chi connectivity index (χ0v) is 15.3. The van der Waals surface area contributed by atoms with Gasteiger partial charge in [0.05, 0.1) is 21.3 Å². The average molecular weight is 373 g/mol. The Balaban J connectivity index is 2.02. The second kappa shape index (κ2) is 7.36. The molecule has 3 rings (SSSR count). The van der Waals surface area contributed by atoms with Crippen LogP contribution in [0.5, 0.6) is 17.2 Å². The van der Waals surface area contributed by atoms with Gasteiger partial charge in [-0.15, -0.1) is 5.10 Å². The second-order valence-electron chi connectivity index (χ2n) is 5.50. The van der Waals surface area contributed by atoms with Crippen molar-refractivity contribution in [3.05, 3.63) is 39.9 Å². The number of anilines is 1. The molecule has 0 bridgehead atoms. The minimum atomic E-state index is -0.477. The van der Waals surface area contributed by atoms with Gasteiger partial charge in [0.15, 0.2) is 17.3 Å². The van der Waals surface area contributed by atoms with Crippen LogP contribution < -0.4 is 25.1 Å². The Kier molecular flexibility index (Phi) is 4.97. The molecule has 10 heteroatoms. The van der Waals surface area contributed by atoms with E-state index in [4.69, 9.17) is 14.2 Å². The van der Waals surface area contributed by atoms with Gasteiger partial charge in [0.2, 0.25) is 11.5 Å². The number of hydrogen-bond acceptors (Lipinski definition) is 7. The molecule has 0 unspecified atom stereocenters. The highest BCUT2D eigenvalue weighted by Crippen LogP contribution is 2.38. The van der Waals surface area contributed by atoms with Crippen LogP contribution in [-0.2, 0) is 6.42 Å². The fourth-order valence-corrected chi connectivity index (χ4v) is 2.57. The monoisotopic (exact) mass is 373 g/mol. The Hall–Kier alpha value is -3.56. The van der Waals surface area contributed by atoms with E-state index in [1.54, 1.807) is 0 Å². The summed E-state index contributed by atoms with van der Waals surface area (Å²) in [7, 11) is 4.39. The van der Waals surface area contributed by atoms with E-state index in [2.05, 4.69) is 20.4 Å². The summed E-state index contributed by atoms with van der Waals surface area (Å²) < 4.78 is 17.1. The van der Waals surface area contributed by atoms with Crippen LogP contribution >= 0.6 is 0 Å². The minimum Gasteiger partial charge on any atom is -0.493 e. The highest BCUT2D eigenvalue weighted by molar-refractivity contribution is 6.04. The van der Waals surface area contributed by atoms with Crippen LogP contribution in [-0.4, -0.2) is 46.8 Å². The molecule has 0 saturated carbocycles. The fraction of sp³-hybridized carbons (Fsp3) is 0.294. The maximum atomic E-state index is 12.7. The van der Waals surface area contributed by atoms with Crippen LogP contribution in [0.4, 0.5) is 5.82 Å². The number of carbonyl (C=O) groups excluding carboxylic acids is 1. The summed E-state index contributed by atoms with van der Waals surface area (Å²) in [4.78, 5) is 31.4. The predicted molar refractivity (Wildman–Crippen MR) is 97.0 cm³/mol. The number of fused-ring (bicyclic) bond motifs is 1. The first kappa shape index (κ1) is 18.2. The van der Waals surface area contributed by atoms with Gasteiger partial charge in [0, 0.05) is 18.1 Å². The van der Waals surface area contributed by atoms with E-state index >= 15 is 0 Å². The van der Waals surface area contributed by atoms with Crippen molar-refractivity contribution in [2.24, 2.45) is 0 Å². The van der Waals surface area contributed by atoms with Gasteiger partial charge in [-0.3, -0.25) is 14.6 Å². The lowest BCUT2D eigenvalue weighted by molar-refractivity contribution is 0.102. The molecule has 2 heterocycles. The summed E-state index contributed by atoms with van der Waals surface area (Å²) >= 11 is 0. The van der Waals surface area contributed by atoms with Crippen molar-refractivity contribution < 1.29 is 19.0 Å². The van der Waals surface area contributed by atoms with Crippen molar-refractivity contribution in [3.63, 3.8) is 0 Å². The van der Waals surface area contributed by atoms with Gasteiger partial charge >= 0.3 is 0 Å². The number of nitrogens with zero attached hydrogens (tertiary/aromatic N) is 3. The molecule has 0 aliphatic heterocycles. The molecule has 1 amide bonds. The number of hydrogen-bond donors (Lipinski definition) is 2. The molecular formula is C17H19N5O5. The number of benzene rings is 1. The number of H-pyrrole nitrogens is 1. The first-order valence-electron chi connectivity index (χ1n) is 8.11. The van der Waals surface area contributed by atoms with Crippen molar-refractivity contribution in [3.8, 4) is 17.2 Å². The summed E-state index contributed by atoms with van der Waals surface area (Å²) in [5.74, 6) is 1.56. The topological polar surface area (TPSA) is 120 Å². The van der Waals surface area contributed by atoms with Gasteiger partial charge in [-0.1, -0.05) is 6.92 Å². The van der Waals surface area contributed by atoms with Crippen molar-refractivity contribution in [1.82, 2.24) is 19.6 Å². The van der Waals surface area contributed by atoms with E-state index in [0.29, 0.717) is 29.5 Å². The number of aromatic amines is 1. The summed E-state index contributed by atoms with van der Waals surface area (Å²) in [6, 6.07) is 4.26. The number of methoxy groups -OCH3 is 3. The Bertz CT molecular complexity index is 1030. The molecule has 10 nitrogen and oxygen atoms in total. The summed E-state index contributed by atoms with van der Waals surface area (Å²) in [5.41, 5.74) is -0.147. The van der Waals surface area contributed by atoms with Crippen LogP contribution in [0.1, 0.15) is 23.1 Å². The maximum Gasteiger partial charge on any atom is 0.257 e. The lowest BCUT2D eigenvalue weighted by atomic mass is 10.1. The van der Waals surface area contributed by atoms with Gasteiger partial charge in [0.25, 0.3) is 11.5 Å². The summed E-state index contributed by atoms with van der Waals surface area (Å²) in [6.07, 6.45) is 0.587. The highest BCUT2D eigenvalue weighted by atomic mass is 16.5. The second-order valence-corrected chi connectivity index (χ2v) is 5.50. The summed E-state index contributed by atoms with van der Waals surface area (Å²) in [6.45, 7) is 1.89. The minimum absolute atomic E-state index is 0.194. The molecule has 2 aromatic heterocycles. The molecule has 142 valence electrons. The van der Waals surface area contributed by atoms with Crippen molar-refractivity contribution in [2.75, 3.05) is 26.6 Å². The SMILES string of the molecule is CCc1nc2[nH]c(=O)cc(NC(=O)c3cc(OC)c(OC)c(OC)c3)n2n1. The number of aromatic nitrogens is 4. The molecule has 0 radical (unpaired) electrons. The van der Waals surface area contributed by atoms with Crippen LogP contribution in [0.3, 0.4) is 0 Å². The fourth-order valence-electron chi connectivity index (χ4n) is 2.57. The van der Waals surface area contributed by atoms with E-state index in [1.807, 2.05) is 6.92 Å².